The molecule has 0 heterocycles. The Hall–Kier alpha value is -0.550. The minimum atomic E-state index is -0.0639. The van der Waals surface area contributed by atoms with E-state index in [0.717, 1.165) is 22.0 Å². The van der Waals surface area contributed by atoms with Crippen molar-refractivity contribution >= 4 is 37.8 Å². The molecule has 0 saturated carbocycles. The predicted octanol–water partition coefficient (Wildman–Crippen LogP) is 4.00. The molecule has 19 heavy (non-hydrogen) atoms. The van der Waals surface area contributed by atoms with E-state index in [9.17, 15) is 4.79 Å². The number of amides is 1. The highest BCUT2D eigenvalue weighted by atomic mass is 79.9. The van der Waals surface area contributed by atoms with Gasteiger partial charge in [-0.2, -0.15) is 0 Å². The molecule has 1 aromatic rings. The molecule has 0 saturated heterocycles. The summed E-state index contributed by atoms with van der Waals surface area (Å²) in [4.78, 5) is 12.1. The standard InChI is InChI=1S/C14H19Br2NO2/c1-14(2,6-7-15)9-17-13(18)10-4-5-12(19-3)11(16)8-10/h4-5,8H,6-7,9H2,1-3H3,(H,17,18). The molecular weight excluding hydrogens is 374 g/mol. The summed E-state index contributed by atoms with van der Waals surface area (Å²) in [5.41, 5.74) is 0.713. The maximum Gasteiger partial charge on any atom is 0.251 e. The molecule has 0 fully saturated rings. The van der Waals surface area contributed by atoms with Gasteiger partial charge < -0.3 is 10.1 Å². The molecule has 0 aliphatic rings. The molecule has 0 atom stereocenters. The molecule has 0 spiro atoms. The van der Waals surface area contributed by atoms with Gasteiger partial charge in [-0.1, -0.05) is 29.8 Å². The Balaban J connectivity index is 2.66. The summed E-state index contributed by atoms with van der Waals surface area (Å²) in [7, 11) is 1.60. The van der Waals surface area contributed by atoms with E-state index in [1.165, 1.54) is 0 Å². The number of benzene rings is 1. The lowest BCUT2D eigenvalue weighted by Crippen LogP contribution is -2.34. The second kappa shape index (κ2) is 7.29. The molecule has 1 rings (SSSR count). The van der Waals surface area contributed by atoms with Crippen LogP contribution in [0, 0.1) is 5.41 Å². The van der Waals surface area contributed by atoms with Crippen molar-refractivity contribution < 1.29 is 9.53 Å². The normalized spacial score (nSPS) is 11.2. The molecule has 0 aliphatic heterocycles. The Labute approximate surface area is 131 Å². The van der Waals surface area contributed by atoms with Crippen LogP contribution < -0.4 is 10.1 Å². The zero-order valence-corrected chi connectivity index (χ0v) is 14.6. The van der Waals surface area contributed by atoms with Crippen molar-refractivity contribution in [3.05, 3.63) is 28.2 Å². The maximum absolute atomic E-state index is 12.1. The summed E-state index contributed by atoms with van der Waals surface area (Å²) in [6, 6.07) is 5.31. The van der Waals surface area contributed by atoms with Gasteiger partial charge in [0.15, 0.2) is 0 Å². The van der Waals surface area contributed by atoms with Crippen molar-refractivity contribution in [2.75, 3.05) is 19.0 Å². The fourth-order valence-electron chi connectivity index (χ4n) is 1.57. The number of carbonyl (C=O) groups excluding carboxylic acids is 1. The highest BCUT2D eigenvalue weighted by Gasteiger charge is 2.18. The van der Waals surface area contributed by atoms with Crippen molar-refractivity contribution in [1.29, 1.82) is 0 Å². The highest BCUT2D eigenvalue weighted by Crippen LogP contribution is 2.25. The van der Waals surface area contributed by atoms with Gasteiger partial charge in [0.25, 0.3) is 5.91 Å². The van der Waals surface area contributed by atoms with Crippen LogP contribution in [-0.4, -0.2) is 24.9 Å². The monoisotopic (exact) mass is 391 g/mol. The summed E-state index contributed by atoms with van der Waals surface area (Å²) in [5.74, 6) is 0.655. The van der Waals surface area contributed by atoms with Gasteiger partial charge in [-0.15, -0.1) is 0 Å². The first-order valence-corrected chi connectivity index (χ1v) is 7.99. The van der Waals surface area contributed by atoms with Crippen LogP contribution in [0.4, 0.5) is 0 Å². The molecule has 0 radical (unpaired) electrons. The third-order valence-electron chi connectivity index (χ3n) is 2.91. The maximum atomic E-state index is 12.1. The molecule has 5 heteroatoms. The molecule has 0 aromatic heterocycles. The van der Waals surface area contributed by atoms with E-state index in [1.54, 1.807) is 25.3 Å². The Kier molecular flexibility index (Phi) is 6.33. The van der Waals surface area contributed by atoms with Crippen LogP contribution in [0.1, 0.15) is 30.6 Å². The van der Waals surface area contributed by atoms with Gasteiger partial charge in [0.2, 0.25) is 0 Å². The minimum absolute atomic E-state index is 0.0639. The number of methoxy groups -OCH3 is 1. The third kappa shape index (κ3) is 5.15. The van der Waals surface area contributed by atoms with E-state index < -0.39 is 0 Å². The van der Waals surface area contributed by atoms with E-state index in [1.807, 2.05) is 0 Å². The number of alkyl halides is 1. The van der Waals surface area contributed by atoms with Crippen LogP contribution in [-0.2, 0) is 0 Å². The molecule has 1 aromatic carbocycles. The fourth-order valence-corrected chi connectivity index (χ4v) is 3.19. The van der Waals surface area contributed by atoms with Gasteiger partial charge in [0, 0.05) is 17.4 Å². The van der Waals surface area contributed by atoms with Crippen molar-refractivity contribution in [2.24, 2.45) is 5.41 Å². The summed E-state index contributed by atoms with van der Waals surface area (Å²) >= 11 is 6.81. The molecule has 0 unspecified atom stereocenters. The van der Waals surface area contributed by atoms with Crippen molar-refractivity contribution in [2.45, 2.75) is 20.3 Å². The Bertz CT molecular complexity index is 447. The average Bonchev–Trinajstić information content (AvgIpc) is 2.36. The lowest BCUT2D eigenvalue weighted by Gasteiger charge is -2.23. The van der Waals surface area contributed by atoms with Crippen LogP contribution in [0.15, 0.2) is 22.7 Å². The smallest absolute Gasteiger partial charge is 0.251 e. The first kappa shape index (κ1) is 16.5. The SMILES string of the molecule is COc1ccc(C(=O)NCC(C)(C)CCBr)cc1Br. The second-order valence-corrected chi connectivity index (χ2v) is 6.78. The fraction of sp³-hybridized carbons (Fsp3) is 0.500. The van der Waals surface area contributed by atoms with E-state index >= 15 is 0 Å². The molecule has 0 aliphatic carbocycles. The van der Waals surface area contributed by atoms with Crippen LogP contribution in [0.5, 0.6) is 5.75 Å². The second-order valence-electron chi connectivity index (χ2n) is 5.14. The lowest BCUT2D eigenvalue weighted by molar-refractivity contribution is 0.0936. The first-order valence-electron chi connectivity index (χ1n) is 6.07. The topological polar surface area (TPSA) is 38.3 Å². The lowest BCUT2D eigenvalue weighted by atomic mass is 9.90. The molecular formula is C14H19Br2NO2. The van der Waals surface area contributed by atoms with Crippen molar-refractivity contribution in [3.63, 3.8) is 0 Å². The van der Waals surface area contributed by atoms with E-state index in [4.69, 9.17) is 4.74 Å². The van der Waals surface area contributed by atoms with Crippen LogP contribution in [0.2, 0.25) is 0 Å². The van der Waals surface area contributed by atoms with Gasteiger partial charge in [-0.25, -0.2) is 0 Å². The van der Waals surface area contributed by atoms with Crippen molar-refractivity contribution in [3.8, 4) is 5.75 Å². The first-order chi connectivity index (χ1) is 8.89. The van der Waals surface area contributed by atoms with Crippen LogP contribution in [0.3, 0.4) is 0 Å². The summed E-state index contributed by atoms with van der Waals surface area (Å²) < 4.78 is 5.92. The van der Waals surface area contributed by atoms with Crippen molar-refractivity contribution in [1.82, 2.24) is 5.32 Å². The molecule has 3 nitrogen and oxygen atoms in total. The molecule has 106 valence electrons. The highest BCUT2D eigenvalue weighted by molar-refractivity contribution is 9.10. The molecule has 1 N–H and O–H groups in total. The van der Waals surface area contributed by atoms with Crippen LogP contribution >= 0.6 is 31.9 Å². The minimum Gasteiger partial charge on any atom is -0.496 e. The number of carbonyl (C=O) groups is 1. The van der Waals surface area contributed by atoms with E-state index in [0.29, 0.717) is 12.1 Å². The third-order valence-corrected chi connectivity index (χ3v) is 3.93. The Morgan fingerprint density at radius 2 is 2.11 bits per heavy atom. The Morgan fingerprint density at radius 3 is 2.63 bits per heavy atom. The largest absolute Gasteiger partial charge is 0.496 e. The van der Waals surface area contributed by atoms with Gasteiger partial charge in [0.1, 0.15) is 5.75 Å². The average molecular weight is 393 g/mol. The number of rotatable bonds is 6. The molecule has 0 bridgehead atoms. The number of ether oxygens (including phenoxy) is 1. The number of hydrogen-bond donors (Lipinski definition) is 1. The number of nitrogens with one attached hydrogen (secondary N) is 1. The summed E-state index contributed by atoms with van der Waals surface area (Å²) in [6.07, 6.45) is 1.01. The quantitative estimate of drug-likeness (QED) is 0.743. The van der Waals surface area contributed by atoms with Gasteiger partial charge in [-0.3, -0.25) is 4.79 Å². The predicted molar refractivity (Wildman–Crippen MR) is 85.2 cm³/mol. The molecule has 1 amide bonds. The zero-order chi connectivity index (χ0) is 14.5. The van der Waals surface area contributed by atoms with Gasteiger partial charge in [0.05, 0.1) is 11.6 Å². The zero-order valence-electron chi connectivity index (χ0n) is 11.4. The van der Waals surface area contributed by atoms with E-state index in [2.05, 4.69) is 51.0 Å². The number of halogens is 2. The van der Waals surface area contributed by atoms with Crippen LogP contribution in [0.25, 0.3) is 0 Å². The van der Waals surface area contributed by atoms with E-state index in [-0.39, 0.29) is 11.3 Å². The summed E-state index contributed by atoms with van der Waals surface area (Å²) in [6.45, 7) is 4.93. The summed E-state index contributed by atoms with van der Waals surface area (Å²) in [5, 5.41) is 3.90. The van der Waals surface area contributed by atoms with Gasteiger partial charge in [-0.05, 0) is 46.0 Å². The number of hydrogen-bond acceptors (Lipinski definition) is 2. The Morgan fingerprint density at radius 1 is 1.42 bits per heavy atom. The van der Waals surface area contributed by atoms with Gasteiger partial charge >= 0.3 is 0 Å².